The van der Waals surface area contributed by atoms with E-state index in [9.17, 15) is 13.2 Å². The first-order valence-electron chi connectivity index (χ1n) is 9.02. The van der Waals surface area contributed by atoms with E-state index in [1.165, 1.54) is 38.4 Å². The molecule has 2 aromatic carbocycles. The number of hydrogen-bond acceptors (Lipinski definition) is 4. The predicted molar refractivity (Wildman–Crippen MR) is 107 cm³/mol. The van der Waals surface area contributed by atoms with Crippen LogP contribution in [0.4, 0.5) is 0 Å². The molecule has 0 spiro atoms. The highest BCUT2D eigenvalue weighted by atomic mass is 35.5. The summed E-state index contributed by atoms with van der Waals surface area (Å²) in [4.78, 5) is 17.6. The summed E-state index contributed by atoms with van der Waals surface area (Å²) < 4.78 is 25.3. The van der Waals surface area contributed by atoms with Crippen LogP contribution in [0, 0.1) is 5.92 Å². The maximum atomic E-state index is 12.8. The maximum absolute atomic E-state index is 12.8. The summed E-state index contributed by atoms with van der Waals surface area (Å²) in [6.45, 7) is 0. The molecule has 1 N–H and O–H groups in total. The van der Waals surface area contributed by atoms with Gasteiger partial charge in [0.05, 0.1) is 18.0 Å². The Bertz CT molecular complexity index is 926. The molecule has 1 unspecified atom stereocenters. The lowest BCUT2D eigenvalue weighted by molar-refractivity contribution is -0.0258. The quantitative estimate of drug-likeness (QED) is 0.688. The van der Waals surface area contributed by atoms with Crippen LogP contribution in [-0.4, -0.2) is 33.0 Å². The first-order chi connectivity index (χ1) is 13.3. The van der Waals surface area contributed by atoms with Gasteiger partial charge < -0.3 is 5.32 Å². The number of carbonyl (C=O) groups is 1. The molecule has 3 rings (SSSR count). The molecule has 0 radical (unpaired) electrons. The van der Waals surface area contributed by atoms with Crippen molar-refractivity contribution in [1.29, 1.82) is 0 Å². The lowest BCUT2D eigenvalue weighted by Gasteiger charge is -2.34. The van der Waals surface area contributed by atoms with Gasteiger partial charge in [0.25, 0.3) is 15.9 Å². The lowest BCUT2D eigenvalue weighted by atomic mass is 9.77. The third-order valence-corrected chi connectivity index (χ3v) is 7.09. The zero-order valence-electron chi connectivity index (χ0n) is 15.8. The summed E-state index contributed by atoms with van der Waals surface area (Å²) in [6, 6.07) is 13.2. The number of halogens is 1. The van der Waals surface area contributed by atoms with Gasteiger partial charge in [0.2, 0.25) is 0 Å². The van der Waals surface area contributed by atoms with Crippen molar-refractivity contribution in [3.05, 3.63) is 64.7 Å². The van der Waals surface area contributed by atoms with E-state index >= 15 is 0 Å². The third kappa shape index (κ3) is 4.38. The summed E-state index contributed by atoms with van der Waals surface area (Å²) >= 11 is 5.98. The fraction of sp³-hybridized carbons (Fsp3) is 0.350. The lowest BCUT2D eigenvalue weighted by Crippen LogP contribution is -2.36. The molecular weight excluding hydrogens is 400 g/mol. The molecule has 0 bridgehead atoms. The second kappa shape index (κ2) is 8.61. The van der Waals surface area contributed by atoms with Gasteiger partial charge in [-0.15, -0.1) is 0 Å². The van der Waals surface area contributed by atoms with Gasteiger partial charge in [0.1, 0.15) is 0 Å². The molecule has 0 aromatic heterocycles. The molecule has 150 valence electrons. The Balaban J connectivity index is 1.78. The number of hydroxylamine groups is 1. The molecule has 1 saturated carbocycles. The number of nitrogens with zero attached hydrogens (tertiary/aromatic N) is 1. The van der Waals surface area contributed by atoms with E-state index < -0.39 is 10.0 Å². The summed E-state index contributed by atoms with van der Waals surface area (Å²) in [5.74, 6) is 0.149. The minimum atomic E-state index is -3.74. The topological polar surface area (TPSA) is 75.7 Å². The van der Waals surface area contributed by atoms with Crippen molar-refractivity contribution in [1.82, 2.24) is 9.79 Å². The van der Waals surface area contributed by atoms with Gasteiger partial charge in [-0.25, -0.2) is 8.42 Å². The standard InChI is InChI=1S/C20H23ClN2O4S/c1-23(27-2)28(25,26)18-12-8-16(9-13-18)20(24)22-19(14-4-3-5-14)15-6-10-17(21)11-7-15/h6-14,19H,3-5H2,1-2H3,(H,22,24). The molecule has 8 heteroatoms. The van der Waals surface area contributed by atoms with Crippen LogP contribution in [0.3, 0.4) is 0 Å². The molecule has 28 heavy (non-hydrogen) atoms. The van der Waals surface area contributed by atoms with E-state index in [-0.39, 0.29) is 16.8 Å². The number of nitrogens with one attached hydrogen (secondary N) is 1. The Morgan fingerprint density at radius 3 is 2.25 bits per heavy atom. The average molecular weight is 423 g/mol. The SMILES string of the molecule is CON(C)S(=O)(=O)c1ccc(C(=O)NC(c2ccc(Cl)cc2)C2CCC2)cc1. The zero-order chi connectivity index (χ0) is 20.3. The Labute approximate surface area is 170 Å². The van der Waals surface area contributed by atoms with Crippen LogP contribution in [0.25, 0.3) is 0 Å². The van der Waals surface area contributed by atoms with E-state index in [4.69, 9.17) is 16.4 Å². The maximum Gasteiger partial charge on any atom is 0.264 e. The molecule has 0 heterocycles. The van der Waals surface area contributed by atoms with Crippen LogP contribution in [0.2, 0.25) is 5.02 Å². The Morgan fingerprint density at radius 1 is 1.14 bits per heavy atom. The van der Waals surface area contributed by atoms with Crippen molar-refractivity contribution < 1.29 is 18.0 Å². The van der Waals surface area contributed by atoms with Crippen LogP contribution in [0.5, 0.6) is 0 Å². The van der Waals surface area contributed by atoms with E-state index in [0.29, 0.717) is 16.5 Å². The van der Waals surface area contributed by atoms with Gasteiger partial charge in [-0.05, 0) is 60.7 Å². The monoisotopic (exact) mass is 422 g/mol. The Hall–Kier alpha value is -1.93. The molecule has 0 saturated heterocycles. The second-order valence-electron chi connectivity index (χ2n) is 6.82. The first kappa shape index (κ1) is 20.8. The van der Waals surface area contributed by atoms with Crippen molar-refractivity contribution in [2.45, 2.75) is 30.2 Å². The van der Waals surface area contributed by atoms with Crippen LogP contribution in [0.1, 0.15) is 41.2 Å². The normalized spacial score (nSPS) is 15.9. The minimum absolute atomic E-state index is 0.0571. The van der Waals surface area contributed by atoms with E-state index in [1.54, 1.807) is 0 Å². The second-order valence-corrected chi connectivity index (χ2v) is 9.19. The number of rotatable bonds is 7. The number of hydrogen-bond donors (Lipinski definition) is 1. The van der Waals surface area contributed by atoms with Crippen LogP contribution >= 0.6 is 11.6 Å². The molecule has 1 atom stereocenters. The van der Waals surface area contributed by atoms with Gasteiger partial charge in [-0.2, -0.15) is 0 Å². The van der Waals surface area contributed by atoms with Crippen LogP contribution in [0.15, 0.2) is 53.4 Å². The minimum Gasteiger partial charge on any atom is -0.345 e. The highest BCUT2D eigenvalue weighted by molar-refractivity contribution is 7.89. The van der Waals surface area contributed by atoms with Crippen LogP contribution in [-0.2, 0) is 14.9 Å². The smallest absolute Gasteiger partial charge is 0.264 e. The number of benzene rings is 2. The van der Waals surface area contributed by atoms with Crippen LogP contribution < -0.4 is 5.32 Å². The molecule has 0 aliphatic heterocycles. The fourth-order valence-corrected chi connectivity index (χ4v) is 4.27. The van der Waals surface area contributed by atoms with Crippen molar-refractivity contribution in [3.63, 3.8) is 0 Å². The first-order valence-corrected chi connectivity index (χ1v) is 10.8. The number of amides is 1. The average Bonchev–Trinajstić information content (AvgIpc) is 2.66. The molecule has 1 aliphatic carbocycles. The number of carbonyl (C=O) groups excluding carboxylic acids is 1. The Morgan fingerprint density at radius 2 is 1.75 bits per heavy atom. The molecule has 1 aliphatic rings. The summed E-state index contributed by atoms with van der Waals surface area (Å²) in [5, 5.41) is 3.75. The van der Waals surface area contributed by atoms with E-state index in [1.807, 2.05) is 24.3 Å². The molecular formula is C20H23ClN2O4S. The largest absolute Gasteiger partial charge is 0.345 e. The fourth-order valence-electron chi connectivity index (χ4n) is 3.17. The van der Waals surface area contributed by atoms with E-state index in [0.717, 1.165) is 29.3 Å². The van der Waals surface area contributed by atoms with Crippen molar-refractivity contribution in [2.24, 2.45) is 5.92 Å². The van der Waals surface area contributed by atoms with Crippen molar-refractivity contribution in [3.8, 4) is 0 Å². The van der Waals surface area contributed by atoms with Gasteiger partial charge in [0, 0.05) is 17.6 Å². The Kier molecular flexibility index (Phi) is 6.40. The molecule has 1 fully saturated rings. The number of sulfonamides is 1. The zero-order valence-corrected chi connectivity index (χ0v) is 17.3. The third-order valence-electron chi connectivity index (χ3n) is 5.15. The predicted octanol–water partition coefficient (Wildman–Crippen LogP) is 3.79. The highest BCUT2D eigenvalue weighted by Crippen LogP contribution is 2.38. The molecule has 6 nitrogen and oxygen atoms in total. The summed E-state index contributed by atoms with van der Waals surface area (Å²) in [6.07, 6.45) is 3.28. The summed E-state index contributed by atoms with van der Waals surface area (Å²) in [7, 11) is -1.16. The van der Waals surface area contributed by atoms with Gasteiger partial charge in [-0.1, -0.05) is 34.6 Å². The van der Waals surface area contributed by atoms with E-state index in [2.05, 4.69) is 5.32 Å². The summed E-state index contributed by atoms with van der Waals surface area (Å²) in [5.41, 5.74) is 1.42. The van der Waals surface area contributed by atoms with Crippen molar-refractivity contribution >= 4 is 27.5 Å². The molecule has 2 aromatic rings. The van der Waals surface area contributed by atoms with Gasteiger partial charge in [0.15, 0.2) is 0 Å². The molecule has 1 amide bonds. The van der Waals surface area contributed by atoms with Gasteiger partial charge >= 0.3 is 0 Å². The van der Waals surface area contributed by atoms with Crippen molar-refractivity contribution in [2.75, 3.05) is 14.2 Å². The van der Waals surface area contributed by atoms with Gasteiger partial charge in [-0.3, -0.25) is 9.63 Å². The highest BCUT2D eigenvalue weighted by Gasteiger charge is 2.30.